The van der Waals surface area contributed by atoms with E-state index in [9.17, 15) is 18.0 Å². The molecule has 28 heavy (non-hydrogen) atoms. The van der Waals surface area contributed by atoms with E-state index < -0.39 is 11.7 Å². The number of halogens is 3. The van der Waals surface area contributed by atoms with Crippen LogP contribution in [0, 0.1) is 5.92 Å². The molecule has 156 valence electrons. The van der Waals surface area contributed by atoms with Gasteiger partial charge in [0.15, 0.2) is 0 Å². The summed E-state index contributed by atoms with van der Waals surface area (Å²) >= 11 is 0. The lowest BCUT2D eigenvalue weighted by molar-refractivity contribution is -0.137. The molecule has 1 atom stereocenters. The summed E-state index contributed by atoms with van der Waals surface area (Å²) in [5, 5.41) is 4.04. The molecule has 1 aromatic carbocycles. The molecule has 0 radical (unpaired) electrons. The summed E-state index contributed by atoms with van der Waals surface area (Å²) in [6.07, 6.45) is -2.03. The van der Waals surface area contributed by atoms with Crippen LogP contribution in [0.4, 0.5) is 13.2 Å². The van der Waals surface area contributed by atoms with Crippen molar-refractivity contribution >= 4 is 11.6 Å². The minimum Gasteiger partial charge on any atom is -0.391 e. The number of alkyl halides is 3. The van der Waals surface area contributed by atoms with E-state index in [1.165, 1.54) is 6.07 Å². The monoisotopic (exact) mass is 399 g/mol. The van der Waals surface area contributed by atoms with Crippen LogP contribution in [0.3, 0.4) is 0 Å². The second-order valence-corrected chi connectivity index (χ2v) is 7.60. The summed E-state index contributed by atoms with van der Waals surface area (Å²) in [4.78, 5) is 19.3. The molecule has 1 amide bonds. The van der Waals surface area contributed by atoms with Crippen molar-refractivity contribution < 1.29 is 22.8 Å². The van der Waals surface area contributed by atoms with Gasteiger partial charge in [-0.1, -0.05) is 31.1 Å². The second kappa shape index (κ2) is 9.91. The average molecular weight is 399 g/mol. The van der Waals surface area contributed by atoms with Crippen LogP contribution < -0.4 is 5.73 Å². The second-order valence-electron chi connectivity index (χ2n) is 7.60. The first-order valence-electron chi connectivity index (χ1n) is 9.52. The van der Waals surface area contributed by atoms with Gasteiger partial charge in [-0.15, -0.1) is 0 Å². The number of likely N-dealkylation sites (tertiary alicyclic amines) is 1. The number of oxime groups is 1. The van der Waals surface area contributed by atoms with Crippen LogP contribution in [-0.4, -0.2) is 35.7 Å². The minimum atomic E-state index is -4.38. The van der Waals surface area contributed by atoms with Gasteiger partial charge in [0.25, 0.3) is 0 Å². The van der Waals surface area contributed by atoms with Crippen molar-refractivity contribution in [3.8, 4) is 0 Å². The van der Waals surface area contributed by atoms with Gasteiger partial charge in [-0.3, -0.25) is 4.79 Å². The number of carbonyl (C=O) groups excluding carboxylic acids is 1. The van der Waals surface area contributed by atoms with Crippen molar-refractivity contribution in [3.05, 3.63) is 35.4 Å². The van der Waals surface area contributed by atoms with Crippen LogP contribution in [0.15, 0.2) is 29.4 Å². The van der Waals surface area contributed by atoms with Gasteiger partial charge in [-0.05, 0) is 30.0 Å². The number of hydrogen-bond acceptors (Lipinski definition) is 4. The molecule has 2 rings (SSSR count). The first-order valence-corrected chi connectivity index (χ1v) is 9.52. The Morgan fingerprint density at radius 2 is 1.96 bits per heavy atom. The largest absolute Gasteiger partial charge is 0.416 e. The summed E-state index contributed by atoms with van der Waals surface area (Å²) in [6.45, 7) is 5.23. The number of amides is 1. The SMILES string of the molecule is CC(C)CC(N)CC(=O)N1CCC(=NOCc2cccc(C(F)(F)F)c2)CC1. The van der Waals surface area contributed by atoms with Crippen molar-refractivity contribution in [2.45, 2.75) is 58.4 Å². The Morgan fingerprint density at radius 3 is 2.57 bits per heavy atom. The molecule has 1 saturated heterocycles. The van der Waals surface area contributed by atoms with Crippen LogP contribution in [0.1, 0.15) is 50.7 Å². The van der Waals surface area contributed by atoms with Gasteiger partial charge in [-0.25, -0.2) is 0 Å². The Morgan fingerprint density at radius 1 is 1.29 bits per heavy atom. The summed E-state index contributed by atoms with van der Waals surface area (Å²) in [7, 11) is 0. The first-order chi connectivity index (χ1) is 13.1. The maximum absolute atomic E-state index is 12.7. The van der Waals surface area contributed by atoms with Crippen molar-refractivity contribution in [2.75, 3.05) is 13.1 Å². The third kappa shape index (κ3) is 7.14. The molecule has 1 aliphatic rings. The number of carbonyl (C=O) groups is 1. The predicted octanol–water partition coefficient (Wildman–Crippen LogP) is 3.96. The fourth-order valence-electron chi connectivity index (χ4n) is 3.18. The van der Waals surface area contributed by atoms with E-state index in [1.807, 2.05) is 0 Å². The van der Waals surface area contributed by atoms with Gasteiger partial charge in [0.1, 0.15) is 6.61 Å². The highest BCUT2D eigenvalue weighted by Gasteiger charge is 2.30. The highest BCUT2D eigenvalue weighted by molar-refractivity contribution is 5.87. The van der Waals surface area contributed by atoms with Gasteiger partial charge < -0.3 is 15.5 Å². The van der Waals surface area contributed by atoms with E-state index >= 15 is 0 Å². The molecule has 0 aliphatic carbocycles. The summed E-state index contributed by atoms with van der Waals surface area (Å²) in [5.74, 6) is 0.508. The third-order valence-corrected chi connectivity index (χ3v) is 4.58. The number of rotatable bonds is 7. The number of nitrogens with zero attached hydrogens (tertiary/aromatic N) is 2. The molecule has 1 aromatic rings. The molecule has 0 spiro atoms. The maximum atomic E-state index is 12.7. The number of piperidine rings is 1. The summed E-state index contributed by atoms with van der Waals surface area (Å²) in [5.41, 5.74) is 6.52. The third-order valence-electron chi connectivity index (χ3n) is 4.58. The maximum Gasteiger partial charge on any atom is 0.416 e. The normalized spacial score (nSPS) is 16.2. The molecular weight excluding hydrogens is 371 g/mol. The Balaban J connectivity index is 1.77. The molecular formula is C20H28F3N3O2. The Labute approximate surface area is 163 Å². The highest BCUT2D eigenvalue weighted by Crippen LogP contribution is 2.29. The number of hydrogen-bond donors (Lipinski definition) is 1. The zero-order chi connectivity index (χ0) is 20.7. The van der Waals surface area contributed by atoms with Crippen LogP contribution >= 0.6 is 0 Å². The lowest BCUT2D eigenvalue weighted by atomic mass is 10.0. The molecule has 0 saturated carbocycles. The van der Waals surface area contributed by atoms with Gasteiger partial charge in [0.05, 0.1) is 11.3 Å². The summed E-state index contributed by atoms with van der Waals surface area (Å²) in [6, 6.07) is 4.87. The number of benzene rings is 1. The van der Waals surface area contributed by atoms with Crippen LogP contribution in [0.5, 0.6) is 0 Å². The van der Waals surface area contributed by atoms with Crippen molar-refractivity contribution in [1.29, 1.82) is 0 Å². The highest BCUT2D eigenvalue weighted by atomic mass is 19.4. The van der Waals surface area contributed by atoms with E-state index in [-0.39, 0.29) is 18.6 Å². The molecule has 0 bridgehead atoms. The molecule has 1 unspecified atom stereocenters. The molecule has 0 aromatic heterocycles. The fraction of sp³-hybridized carbons (Fsp3) is 0.600. The zero-order valence-corrected chi connectivity index (χ0v) is 16.3. The quantitative estimate of drug-likeness (QED) is 0.706. The van der Waals surface area contributed by atoms with Crippen molar-refractivity contribution in [2.24, 2.45) is 16.8 Å². The zero-order valence-electron chi connectivity index (χ0n) is 16.3. The molecule has 1 aliphatic heterocycles. The van der Waals surface area contributed by atoms with Gasteiger partial charge in [0.2, 0.25) is 5.91 Å². The average Bonchev–Trinajstić information content (AvgIpc) is 2.61. The van der Waals surface area contributed by atoms with E-state index in [2.05, 4.69) is 19.0 Å². The Hall–Kier alpha value is -2.09. The van der Waals surface area contributed by atoms with E-state index in [4.69, 9.17) is 10.6 Å². The van der Waals surface area contributed by atoms with Crippen LogP contribution in [0.2, 0.25) is 0 Å². The standard InChI is InChI=1S/C20H28F3N3O2/c1-14(2)10-17(24)12-19(27)26-8-6-18(7-9-26)25-28-13-15-4-3-5-16(11-15)20(21,22)23/h3-5,11,14,17H,6-10,12-13,24H2,1-2H3. The lowest BCUT2D eigenvalue weighted by Crippen LogP contribution is -2.41. The smallest absolute Gasteiger partial charge is 0.391 e. The van der Waals surface area contributed by atoms with Crippen LogP contribution in [0.25, 0.3) is 0 Å². The fourth-order valence-corrected chi connectivity index (χ4v) is 3.18. The van der Waals surface area contributed by atoms with Gasteiger partial charge >= 0.3 is 6.18 Å². The predicted molar refractivity (Wildman–Crippen MR) is 102 cm³/mol. The lowest BCUT2D eigenvalue weighted by Gasteiger charge is -2.28. The molecule has 2 N–H and O–H groups in total. The molecule has 5 nitrogen and oxygen atoms in total. The van der Waals surface area contributed by atoms with E-state index in [1.54, 1.807) is 11.0 Å². The minimum absolute atomic E-state index is 0.0277. The first kappa shape index (κ1) is 22.2. The van der Waals surface area contributed by atoms with E-state index in [0.29, 0.717) is 43.8 Å². The van der Waals surface area contributed by atoms with Crippen molar-refractivity contribution in [1.82, 2.24) is 4.90 Å². The van der Waals surface area contributed by atoms with E-state index in [0.717, 1.165) is 24.3 Å². The molecule has 1 fully saturated rings. The Kier molecular flexibility index (Phi) is 7.86. The number of nitrogens with two attached hydrogens (primary N) is 1. The molecule has 1 heterocycles. The topological polar surface area (TPSA) is 67.9 Å². The van der Waals surface area contributed by atoms with Gasteiger partial charge in [0, 0.05) is 38.4 Å². The van der Waals surface area contributed by atoms with Gasteiger partial charge in [-0.2, -0.15) is 13.2 Å². The van der Waals surface area contributed by atoms with Crippen molar-refractivity contribution in [3.63, 3.8) is 0 Å². The van der Waals surface area contributed by atoms with Crippen LogP contribution in [-0.2, 0) is 22.4 Å². The molecule has 8 heteroatoms. The Bertz CT molecular complexity index is 680. The summed E-state index contributed by atoms with van der Waals surface area (Å²) < 4.78 is 38.1.